The van der Waals surface area contributed by atoms with Gasteiger partial charge in [0, 0.05) is 10.9 Å². The minimum absolute atomic E-state index is 0.248. The van der Waals surface area contributed by atoms with Gasteiger partial charge in [0.1, 0.15) is 11.6 Å². The minimum Gasteiger partial charge on any atom is -0.506 e. The maximum Gasteiger partial charge on any atom is 0.132 e. The normalized spacial score (nSPS) is 10.9. The summed E-state index contributed by atoms with van der Waals surface area (Å²) in [5.41, 5.74) is 2.17. The second-order valence-electron chi connectivity index (χ2n) is 4.16. The van der Waals surface area contributed by atoms with Crippen molar-refractivity contribution in [2.45, 2.75) is 6.42 Å². The lowest BCUT2D eigenvalue weighted by Crippen LogP contribution is -1.96. The minimum atomic E-state index is 0.248. The van der Waals surface area contributed by atoms with Crippen molar-refractivity contribution in [3.8, 4) is 5.75 Å². The van der Waals surface area contributed by atoms with E-state index in [0.717, 1.165) is 22.2 Å². The van der Waals surface area contributed by atoms with Crippen molar-refractivity contribution in [1.29, 1.82) is 0 Å². The van der Waals surface area contributed by atoms with E-state index in [4.69, 9.17) is 0 Å². The van der Waals surface area contributed by atoms with Crippen LogP contribution in [0.25, 0.3) is 5.52 Å². The summed E-state index contributed by atoms with van der Waals surface area (Å²) in [5.74, 6) is 1.17. The summed E-state index contributed by atoms with van der Waals surface area (Å²) in [4.78, 5) is 4.39. The highest BCUT2D eigenvalue weighted by atomic mass is 79.9. The van der Waals surface area contributed by atoms with Crippen LogP contribution in [0, 0.1) is 0 Å². The van der Waals surface area contributed by atoms with Gasteiger partial charge in [0.15, 0.2) is 0 Å². The molecule has 0 spiro atoms. The first kappa shape index (κ1) is 11.3. The van der Waals surface area contributed by atoms with E-state index in [1.54, 1.807) is 12.3 Å². The zero-order chi connectivity index (χ0) is 12.5. The van der Waals surface area contributed by atoms with E-state index in [0.29, 0.717) is 0 Å². The first-order valence-corrected chi connectivity index (χ1v) is 6.41. The van der Waals surface area contributed by atoms with Crippen LogP contribution >= 0.6 is 15.9 Å². The number of rotatable bonds is 2. The van der Waals surface area contributed by atoms with E-state index >= 15 is 0 Å². The lowest BCUT2D eigenvalue weighted by molar-refractivity contribution is 0.471. The molecular weight excluding hydrogens is 292 g/mol. The first-order valence-electron chi connectivity index (χ1n) is 5.62. The molecule has 0 saturated heterocycles. The molecule has 4 heteroatoms. The molecular formula is C14H11BrN2O. The number of hydrogen-bond donors (Lipinski definition) is 1. The fourth-order valence-electron chi connectivity index (χ4n) is 1.95. The van der Waals surface area contributed by atoms with E-state index in [2.05, 4.69) is 33.0 Å². The summed E-state index contributed by atoms with van der Waals surface area (Å²) in [6, 6.07) is 11.7. The molecule has 0 bridgehead atoms. The number of halogens is 1. The van der Waals surface area contributed by atoms with Gasteiger partial charge in [-0.2, -0.15) is 0 Å². The molecule has 0 atom stereocenters. The number of pyridine rings is 1. The number of benzene rings is 1. The van der Waals surface area contributed by atoms with Crippen molar-refractivity contribution in [2.75, 3.05) is 0 Å². The fraction of sp³-hybridized carbons (Fsp3) is 0.0714. The lowest BCUT2D eigenvalue weighted by Gasteiger charge is -2.02. The van der Waals surface area contributed by atoms with E-state index in [1.807, 2.05) is 28.8 Å². The zero-order valence-electron chi connectivity index (χ0n) is 9.55. The number of aromatic hydroxyl groups is 1. The van der Waals surface area contributed by atoms with Crippen molar-refractivity contribution in [3.63, 3.8) is 0 Å². The van der Waals surface area contributed by atoms with Gasteiger partial charge in [0.2, 0.25) is 0 Å². The van der Waals surface area contributed by atoms with Gasteiger partial charge in [0.25, 0.3) is 0 Å². The van der Waals surface area contributed by atoms with Gasteiger partial charge in [0.05, 0.1) is 17.9 Å². The van der Waals surface area contributed by atoms with Crippen LogP contribution in [0.5, 0.6) is 5.75 Å². The maximum absolute atomic E-state index is 9.52. The molecule has 1 aromatic carbocycles. The van der Waals surface area contributed by atoms with Crippen LogP contribution in [0.15, 0.2) is 53.3 Å². The number of nitrogens with zero attached hydrogens (tertiary/aromatic N) is 2. The van der Waals surface area contributed by atoms with Gasteiger partial charge >= 0.3 is 0 Å². The molecule has 1 N–H and O–H groups in total. The van der Waals surface area contributed by atoms with Gasteiger partial charge in [-0.3, -0.25) is 4.40 Å². The van der Waals surface area contributed by atoms with Gasteiger partial charge < -0.3 is 5.11 Å². The summed E-state index contributed by atoms with van der Waals surface area (Å²) in [6.07, 6.45) is 4.25. The summed E-state index contributed by atoms with van der Waals surface area (Å²) in [7, 11) is 0. The van der Waals surface area contributed by atoms with E-state index in [9.17, 15) is 5.11 Å². The highest BCUT2D eigenvalue weighted by molar-refractivity contribution is 9.10. The molecule has 0 aliphatic heterocycles. The Morgan fingerprint density at radius 3 is 2.67 bits per heavy atom. The second kappa shape index (κ2) is 4.46. The van der Waals surface area contributed by atoms with Crippen LogP contribution in [0.1, 0.15) is 11.4 Å². The molecule has 0 aliphatic rings. The molecule has 0 radical (unpaired) electrons. The maximum atomic E-state index is 9.52. The van der Waals surface area contributed by atoms with Crippen LogP contribution in [0.4, 0.5) is 0 Å². The monoisotopic (exact) mass is 302 g/mol. The van der Waals surface area contributed by atoms with Crippen molar-refractivity contribution in [1.82, 2.24) is 9.38 Å². The largest absolute Gasteiger partial charge is 0.506 e. The molecule has 0 saturated carbocycles. The SMILES string of the molecule is Oc1ccc2cnc(Cc3ccc(Br)cc3)n2c1. The Hall–Kier alpha value is -1.81. The highest BCUT2D eigenvalue weighted by Crippen LogP contribution is 2.17. The fourth-order valence-corrected chi connectivity index (χ4v) is 2.21. The van der Waals surface area contributed by atoms with Gasteiger partial charge in [-0.25, -0.2) is 4.98 Å². The van der Waals surface area contributed by atoms with E-state index < -0.39 is 0 Å². The summed E-state index contributed by atoms with van der Waals surface area (Å²) >= 11 is 3.42. The number of imidazole rings is 1. The van der Waals surface area contributed by atoms with Crippen LogP contribution < -0.4 is 0 Å². The Morgan fingerprint density at radius 2 is 1.89 bits per heavy atom. The number of hydrogen-bond acceptors (Lipinski definition) is 2. The van der Waals surface area contributed by atoms with Crippen molar-refractivity contribution >= 4 is 21.4 Å². The molecule has 3 rings (SSSR count). The summed E-state index contributed by atoms with van der Waals surface area (Å²) < 4.78 is 2.98. The summed E-state index contributed by atoms with van der Waals surface area (Å²) in [5, 5.41) is 9.52. The average Bonchev–Trinajstić information content (AvgIpc) is 2.75. The van der Waals surface area contributed by atoms with Gasteiger partial charge in [-0.15, -0.1) is 0 Å². The quantitative estimate of drug-likeness (QED) is 0.788. The number of aromatic nitrogens is 2. The van der Waals surface area contributed by atoms with E-state index in [-0.39, 0.29) is 5.75 Å². The van der Waals surface area contributed by atoms with Crippen LogP contribution in [-0.4, -0.2) is 14.5 Å². The van der Waals surface area contributed by atoms with E-state index in [1.165, 1.54) is 5.56 Å². The molecule has 0 unspecified atom stereocenters. The molecule has 2 heterocycles. The molecule has 0 fully saturated rings. The predicted molar refractivity (Wildman–Crippen MR) is 73.8 cm³/mol. The van der Waals surface area contributed by atoms with Gasteiger partial charge in [-0.1, -0.05) is 28.1 Å². The Morgan fingerprint density at radius 1 is 1.11 bits per heavy atom. The molecule has 2 aromatic heterocycles. The molecule has 90 valence electrons. The third kappa shape index (κ3) is 2.11. The molecule has 18 heavy (non-hydrogen) atoms. The zero-order valence-corrected chi connectivity index (χ0v) is 11.1. The molecule has 3 aromatic rings. The van der Waals surface area contributed by atoms with Crippen LogP contribution in [0.2, 0.25) is 0 Å². The third-order valence-corrected chi connectivity index (χ3v) is 3.39. The van der Waals surface area contributed by atoms with Gasteiger partial charge in [-0.05, 0) is 29.8 Å². The van der Waals surface area contributed by atoms with Crippen molar-refractivity contribution in [3.05, 3.63) is 64.7 Å². The smallest absolute Gasteiger partial charge is 0.132 e. The molecule has 0 amide bonds. The third-order valence-electron chi connectivity index (χ3n) is 2.86. The molecule has 3 nitrogen and oxygen atoms in total. The Kier molecular flexibility index (Phi) is 2.80. The standard InChI is InChI=1S/C14H11BrN2O/c15-11-3-1-10(2-4-11)7-14-16-8-12-5-6-13(18)9-17(12)14/h1-6,8-9,18H,7H2. The second-order valence-corrected chi connectivity index (χ2v) is 5.08. The Labute approximate surface area is 113 Å². The number of fused-ring (bicyclic) bond motifs is 1. The summed E-state index contributed by atoms with van der Waals surface area (Å²) in [6.45, 7) is 0. The van der Waals surface area contributed by atoms with Crippen molar-refractivity contribution < 1.29 is 5.11 Å². The molecule has 0 aliphatic carbocycles. The average molecular weight is 303 g/mol. The Balaban J connectivity index is 1.99. The predicted octanol–water partition coefficient (Wildman–Crippen LogP) is 3.39. The lowest BCUT2D eigenvalue weighted by atomic mass is 10.1. The van der Waals surface area contributed by atoms with Crippen LogP contribution in [-0.2, 0) is 6.42 Å². The highest BCUT2D eigenvalue weighted by Gasteiger charge is 2.05. The van der Waals surface area contributed by atoms with Crippen molar-refractivity contribution in [2.24, 2.45) is 0 Å². The Bertz CT molecular complexity index is 689. The first-order chi connectivity index (χ1) is 8.72. The van der Waals surface area contributed by atoms with Crippen LogP contribution in [0.3, 0.4) is 0 Å². The topological polar surface area (TPSA) is 37.5 Å².